The zero-order valence-corrected chi connectivity index (χ0v) is 11.2. The molecule has 3 nitrogen and oxygen atoms in total. The number of hydrogen-bond donors (Lipinski definition) is 1. The Bertz CT molecular complexity index is 389. The van der Waals surface area contributed by atoms with E-state index in [1.54, 1.807) is 0 Å². The molecule has 3 heteroatoms. The number of benzene rings is 1. The molecule has 1 aliphatic heterocycles. The lowest BCUT2D eigenvalue weighted by Gasteiger charge is -2.32. The molecule has 0 radical (unpaired) electrons. The van der Waals surface area contributed by atoms with Gasteiger partial charge in [0, 0.05) is 19.1 Å². The van der Waals surface area contributed by atoms with Crippen molar-refractivity contribution in [2.75, 3.05) is 19.6 Å². The highest BCUT2D eigenvalue weighted by molar-refractivity contribution is 5.82. The molecule has 0 aromatic heterocycles. The maximum atomic E-state index is 11.7. The summed E-state index contributed by atoms with van der Waals surface area (Å²) in [4.78, 5) is 14.1. The highest BCUT2D eigenvalue weighted by Gasteiger charge is 2.26. The molecule has 0 spiro atoms. The van der Waals surface area contributed by atoms with E-state index in [1.807, 2.05) is 6.07 Å². The Hall–Kier alpha value is -1.19. The summed E-state index contributed by atoms with van der Waals surface area (Å²) in [6.45, 7) is 7.27. The predicted octanol–water partition coefficient (Wildman–Crippen LogP) is 1.69. The molecule has 1 saturated heterocycles. The van der Waals surface area contributed by atoms with Crippen LogP contribution in [0.25, 0.3) is 0 Å². The molecular weight excluding hydrogens is 224 g/mol. The normalized spacial score (nSPS) is 22.2. The molecule has 98 valence electrons. The van der Waals surface area contributed by atoms with Crippen molar-refractivity contribution in [3.63, 3.8) is 0 Å². The second-order valence-electron chi connectivity index (χ2n) is 5.37. The minimum atomic E-state index is 0.286. The van der Waals surface area contributed by atoms with Crippen LogP contribution in [-0.2, 0) is 11.3 Å². The van der Waals surface area contributed by atoms with Crippen LogP contribution in [0, 0.1) is 5.92 Å². The Balaban J connectivity index is 2.12. The summed E-state index contributed by atoms with van der Waals surface area (Å²) in [5.41, 5.74) is 1.28. The molecular formula is C15H22N2O. The van der Waals surface area contributed by atoms with Crippen molar-refractivity contribution >= 4 is 5.78 Å². The van der Waals surface area contributed by atoms with Crippen molar-refractivity contribution in [3.05, 3.63) is 35.9 Å². The lowest BCUT2D eigenvalue weighted by atomic mass is 10.0. The number of rotatable bonds is 3. The standard InChI is InChI=1S/C15H22N2O/c1-12(2)15-9-16-8-14(18)11-17(15)10-13-6-4-3-5-7-13/h3-7,12,15-16H,8-11H2,1-2H3. The molecule has 1 fully saturated rings. The summed E-state index contributed by atoms with van der Waals surface area (Å²) in [7, 11) is 0. The summed E-state index contributed by atoms with van der Waals surface area (Å²) in [6.07, 6.45) is 0. The first-order chi connectivity index (χ1) is 8.66. The number of ketones is 1. The van der Waals surface area contributed by atoms with Crippen molar-refractivity contribution in [2.24, 2.45) is 5.92 Å². The second kappa shape index (κ2) is 6.12. The Morgan fingerprint density at radius 2 is 2.06 bits per heavy atom. The predicted molar refractivity (Wildman–Crippen MR) is 73.4 cm³/mol. The molecule has 1 N–H and O–H groups in total. The summed E-state index contributed by atoms with van der Waals surface area (Å²) in [5, 5.41) is 3.25. The highest BCUT2D eigenvalue weighted by Crippen LogP contribution is 2.15. The van der Waals surface area contributed by atoms with Gasteiger partial charge in [0.1, 0.15) is 0 Å². The first-order valence-corrected chi connectivity index (χ1v) is 6.67. The van der Waals surface area contributed by atoms with Crippen molar-refractivity contribution in [1.82, 2.24) is 10.2 Å². The third-order valence-electron chi connectivity index (χ3n) is 3.52. The molecule has 0 amide bonds. The van der Waals surface area contributed by atoms with E-state index >= 15 is 0 Å². The zero-order valence-electron chi connectivity index (χ0n) is 11.2. The van der Waals surface area contributed by atoms with Crippen LogP contribution in [0.4, 0.5) is 0 Å². The average Bonchev–Trinajstić information content (AvgIpc) is 2.52. The highest BCUT2D eigenvalue weighted by atomic mass is 16.1. The van der Waals surface area contributed by atoms with Crippen LogP contribution in [-0.4, -0.2) is 36.4 Å². The fourth-order valence-electron chi connectivity index (χ4n) is 2.54. The van der Waals surface area contributed by atoms with E-state index in [9.17, 15) is 4.79 Å². The summed E-state index contributed by atoms with van der Waals surface area (Å²) in [6, 6.07) is 10.8. The number of carbonyl (C=O) groups is 1. The molecule has 1 aromatic carbocycles. The van der Waals surface area contributed by atoms with Gasteiger partial charge in [-0.05, 0) is 11.5 Å². The van der Waals surface area contributed by atoms with E-state index < -0.39 is 0 Å². The van der Waals surface area contributed by atoms with Gasteiger partial charge in [-0.3, -0.25) is 9.69 Å². The van der Waals surface area contributed by atoms with Crippen LogP contribution in [0.1, 0.15) is 19.4 Å². The second-order valence-corrected chi connectivity index (χ2v) is 5.37. The monoisotopic (exact) mass is 246 g/mol. The Kier molecular flexibility index (Phi) is 4.50. The van der Waals surface area contributed by atoms with E-state index in [4.69, 9.17) is 0 Å². The lowest BCUT2D eigenvalue weighted by Crippen LogP contribution is -2.43. The van der Waals surface area contributed by atoms with Gasteiger partial charge in [0.05, 0.1) is 13.1 Å². The average molecular weight is 246 g/mol. The number of Topliss-reactive ketones (excluding diaryl/α,β-unsaturated/α-hetero) is 1. The minimum Gasteiger partial charge on any atom is -0.308 e. The Morgan fingerprint density at radius 1 is 1.33 bits per heavy atom. The maximum Gasteiger partial charge on any atom is 0.160 e. The van der Waals surface area contributed by atoms with Crippen molar-refractivity contribution < 1.29 is 4.79 Å². The van der Waals surface area contributed by atoms with Crippen molar-refractivity contribution in [3.8, 4) is 0 Å². The van der Waals surface area contributed by atoms with Crippen molar-refractivity contribution in [1.29, 1.82) is 0 Å². The van der Waals surface area contributed by atoms with Gasteiger partial charge in [0.2, 0.25) is 0 Å². The van der Waals surface area contributed by atoms with Crippen LogP contribution in [0.15, 0.2) is 30.3 Å². The lowest BCUT2D eigenvalue weighted by molar-refractivity contribution is -0.119. The van der Waals surface area contributed by atoms with Crippen molar-refractivity contribution in [2.45, 2.75) is 26.4 Å². The van der Waals surface area contributed by atoms with E-state index in [0.717, 1.165) is 13.1 Å². The number of hydrogen-bond acceptors (Lipinski definition) is 3. The van der Waals surface area contributed by atoms with E-state index in [-0.39, 0.29) is 5.78 Å². The van der Waals surface area contributed by atoms with E-state index in [2.05, 4.69) is 48.3 Å². The Labute approximate surface area is 109 Å². The molecule has 1 aromatic rings. The number of carbonyl (C=O) groups excluding carboxylic acids is 1. The summed E-state index contributed by atoms with van der Waals surface area (Å²) >= 11 is 0. The third kappa shape index (κ3) is 3.40. The fraction of sp³-hybridized carbons (Fsp3) is 0.533. The number of nitrogens with zero attached hydrogens (tertiary/aromatic N) is 1. The van der Waals surface area contributed by atoms with Gasteiger partial charge >= 0.3 is 0 Å². The molecule has 2 rings (SSSR count). The smallest absolute Gasteiger partial charge is 0.160 e. The molecule has 0 saturated carbocycles. The molecule has 0 bridgehead atoms. The molecule has 0 aliphatic carbocycles. The Morgan fingerprint density at radius 3 is 2.72 bits per heavy atom. The molecule has 18 heavy (non-hydrogen) atoms. The van der Waals surface area contributed by atoms with Gasteiger partial charge in [-0.1, -0.05) is 44.2 Å². The SMILES string of the molecule is CC(C)C1CNCC(=O)CN1Cc1ccccc1. The van der Waals surface area contributed by atoms with Crippen LogP contribution >= 0.6 is 0 Å². The minimum absolute atomic E-state index is 0.286. The fourth-order valence-corrected chi connectivity index (χ4v) is 2.54. The van der Waals surface area contributed by atoms with Crippen LogP contribution in [0.2, 0.25) is 0 Å². The molecule has 1 heterocycles. The van der Waals surface area contributed by atoms with Gasteiger partial charge in [0.25, 0.3) is 0 Å². The van der Waals surface area contributed by atoms with Crippen LogP contribution in [0.3, 0.4) is 0 Å². The van der Waals surface area contributed by atoms with Gasteiger partial charge in [0.15, 0.2) is 5.78 Å². The number of nitrogens with one attached hydrogen (secondary N) is 1. The molecule has 1 aliphatic rings. The topological polar surface area (TPSA) is 32.3 Å². The van der Waals surface area contributed by atoms with Gasteiger partial charge in [-0.2, -0.15) is 0 Å². The van der Waals surface area contributed by atoms with Gasteiger partial charge in [-0.15, -0.1) is 0 Å². The van der Waals surface area contributed by atoms with Crippen LogP contribution in [0.5, 0.6) is 0 Å². The molecule has 1 atom stereocenters. The van der Waals surface area contributed by atoms with Crippen LogP contribution < -0.4 is 5.32 Å². The first-order valence-electron chi connectivity index (χ1n) is 6.67. The quantitative estimate of drug-likeness (QED) is 0.881. The van der Waals surface area contributed by atoms with Gasteiger partial charge in [-0.25, -0.2) is 0 Å². The summed E-state index contributed by atoms with van der Waals surface area (Å²) < 4.78 is 0. The maximum absolute atomic E-state index is 11.7. The van der Waals surface area contributed by atoms with E-state index in [0.29, 0.717) is 25.0 Å². The zero-order chi connectivity index (χ0) is 13.0. The first kappa shape index (κ1) is 13.2. The molecule has 1 unspecified atom stereocenters. The third-order valence-corrected chi connectivity index (χ3v) is 3.52. The van der Waals surface area contributed by atoms with E-state index in [1.165, 1.54) is 5.56 Å². The van der Waals surface area contributed by atoms with Gasteiger partial charge < -0.3 is 5.32 Å². The largest absolute Gasteiger partial charge is 0.308 e. The summed E-state index contributed by atoms with van der Waals surface area (Å²) in [5.74, 6) is 0.834.